The van der Waals surface area contributed by atoms with E-state index in [1.165, 1.54) is 0 Å². The van der Waals surface area contributed by atoms with Crippen LogP contribution in [0.2, 0.25) is 0 Å². The fourth-order valence-corrected chi connectivity index (χ4v) is 2.71. The van der Waals surface area contributed by atoms with Crippen LogP contribution in [0.15, 0.2) is 59.0 Å². The number of aryl methyl sites for hydroxylation is 2. The fraction of sp³-hybridized carbons (Fsp3) is 0.150. The Kier molecular flexibility index (Phi) is 3.90. The summed E-state index contributed by atoms with van der Waals surface area (Å²) in [6, 6.07) is 17.5. The quantitative estimate of drug-likeness (QED) is 0.552. The van der Waals surface area contributed by atoms with Gasteiger partial charge in [-0.25, -0.2) is 15.0 Å². The van der Waals surface area contributed by atoms with Gasteiger partial charge in [-0.1, -0.05) is 12.1 Å². The van der Waals surface area contributed by atoms with Crippen molar-refractivity contribution >= 4 is 11.1 Å². The number of nitrogens with zero attached hydrogens (tertiary/aromatic N) is 3. The minimum atomic E-state index is 0.291. The highest BCUT2D eigenvalue weighted by atomic mass is 16.5. The summed E-state index contributed by atoms with van der Waals surface area (Å²) < 4.78 is 11.4. The molecule has 25 heavy (non-hydrogen) atoms. The third-order valence-electron chi connectivity index (χ3n) is 3.82. The van der Waals surface area contributed by atoms with Gasteiger partial charge in [-0.05, 0) is 56.3 Å². The Balaban J connectivity index is 1.48. The number of benzene rings is 2. The van der Waals surface area contributed by atoms with Gasteiger partial charge in [-0.3, -0.25) is 0 Å². The Bertz CT molecular complexity index is 969. The second-order valence-electron chi connectivity index (χ2n) is 5.83. The first kappa shape index (κ1) is 15.3. The lowest BCUT2D eigenvalue weighted by atomic mass is 10.1. The summed E-state index contributed by atoms with van der Waals surface area (Å²) in [7, 11) is 0. The van der Waals surface area contributed by atoms with Crippen LogP contribution in [-0.4, -0.2) is 15.0 Å². The predicted octanol–water partition coefficient (Wildman–Crippen LogP) is 4.48. The average Bonchev–Trinajstić information content (AvgIpc) is 3.02. The van der Waals surface area contributed by atoms with Gasteiger partial charge in [0.15, 0.2) is 12.2 Å². The number of oxazole rings is 1. The van der Waals surface area contributed by atoms with Crippen LogP contribution in [0.1, 0.15) is 17.4 Å². The van der Waals surface area contributed by atoms with Crippen molar-refractivity contribution < 1.29 is 9.15 Å². The lowest BCUT2D eigenvalue weighted by molar-refractivity contribution is 0.267. The molecule has 0 N–H and O–H groups in total. The van der Waals surface area contributed by atoms with E-state index in [2.05, 4.69) is 15.0 Å². The third-order valence-corrected chi connectivity index (χ3v) is 3.82. The molecule has 2 aromatic carbocycles. The van der Waals surface area contributed by atoms with Gasteiger partial charge < -0.3 is 9.15 Å². The first-order valence-electron chi connectivity index (χ1n) is 8.07. The summed E-state index contributed by atoms with van der Waals surface area (Å²) in [5.74, 6) is 2.09. The van der Waals surface area contributed by atoms with E-state index < -0.39 is 0 Å². The van der Waals surface area contributed by atoms with Gasteiger partial charge in [-0.15, -0.1) is 0 Å². The Morgan fingerprint density at radius 2 is 1.72 bits per heavy atom. The highest BCUT2D eigenvalue weighted by Crippen LogP contribution is 2.22. The molecule has 0 unspecified atom stereocenters. The highest BCUT2D eigenvalue weighted by molar-refractivity contribution is 5.72. The smallest absolute Gasteiger partial charge is 0.233 e. The number of aromatic nitrogens is 3. The summed E-state index contributed by atoms with van der Waals surface area (Å²) in [6.45, 7) is 4.16. The van der Waals surface area contributed by atoms with Gasteiger partial charge in [0.2, 0.25) is 5.89 Å². The molecule has 0 spiro atoms. The van der Waals surface area contributed by atoms with Gasteiger partial charge in [0.05, 0.1) is 5.69 Å². The monoisotopic (exact) mass is 331 g/mol. The molecule has 4 aromatic rings. The second kappa shape index (κ2) is 6.36. The summed E-state index contributed by atoms with van der Waals surface area (Å²) in [6.07, 6.45) is 0. The second-order valence-corrected chi connectivity index (χ2v) is 5.83. The third kappa shape index (κ3) is 3.35. The molecule has 0 radical (unpaired) electrons. The molecule has 124 valence electrons. The summed E-state index contributed by atoms with van der Waals surface area (Å²) in [5, 5.41) is 0. The standard InChI is InChI=1S/C20H17N3O2/c1-13-11-18(22-14(2)21-13)15-7-9-16(10-8-15)24-12-20-23-17-5-3-4-6-19(17)25-20/h3-11H,12H2,1-2H3. The van der Waals surface area contributed by atoms with Crippen LogP contribution >= 0.6 is 0 Å². The molecular formula is C20H17N3O2. The van der Waals surface area contributed by atoms with Crippen LogP contribution in [0, 0.1) is 13.8 Å². The fourth-order valence-electron chi connectivity index (χ4n) is 2.71. The number of hydrogen-bond acceptors (Lipinski definition) is 5. The zero-order valence-corrected chi connectivity index (χ0v) is 14.1. The van der Waals surface area contributed by atoms with E-state index in [9.17, 15) is 0 Å². The maximum Gasteiger partial charge on any atom is 0.233 e. The largest absolute Gasteiger partial charge is 0.484 e. The highest BCUT2D eigenvalue weighted by Gasteiger charge is 2.07. The number of fused-ring (bicyclic) bond motifs is 1. The van der Waals surface area contributed by atoms with Gasteiger partial charge in [0.1, 0.15) is 17.1 Å². The molecule has 0 aliphatic rings. The van der Waals surface area contributed by atoms with E-state index in [-0.39, 0.29) is 0 Å². The molecule has 5 nitrogen and oxygen atoms in total. The van der Waals surface area contributed by atoms with Crippen molar-refractivity contribution in [1.82, 2.24) is 15.0 Å². The predicted molar refractivity (Wildman–Crippen MR) is 95.3 cm³/mol. The van der Waals surface area contributed by atoms with Crippen molar-refractivity contribution in [3.05, 3.63) is 72.0 Å². The van der Waals surface area contributed by atoms with E-state index in [0.717, 1.165) is 39.6 Å². The topological polar surface area (TPSA) is 61.0 Å². The molecule has 0 aliphatic carbocycles. The summed E-state index contributed by atoms with van der Waals surface area (Å²) in [4.78, 5) is 13.2. The first-order chi connectivity index (χ1) is 12.2. The SMILES string of the molecule is Cc1cc(-c2ccc(OCc3nc4ccccc4o3)cc2)nc(C)n1. The molecule has 0 saturated heterocycles. The lowest BCUT2D eigenvalue weighted by Gasteiger charge is -2.06. The van der Waals surface area contributed by atoms with E-state index in [0.29, 0.717) is 12.5 Å². The van der Waals surface area contributed by atoms with Crippen molar-refractivity contribution in [3.63, 3.8) is 0 Å². The van der Waals surface area contributed by atoms with E-state index >= 15 is 0 Å². The van der Waals surface area contributed by atoms with Crippen molar-refractivity contribution in [2.24, 2.45) is 0 Å². The number of rotatable bonds is 4. The van der Waals surface area contributed by atoms with Gasteiger partial charge in [0.25, 0.3) is 0 Å². The molecule has 2 aromatic heterocycles. The number of ether oxygens (including phenoxy) is 1. The molecule has 4 rings (SSSR count). The van der Waals surface area contributed by atoms with Crippen LogP contribution < -0.4 is 4.74 Å². The summed E-state index contributed by atoms with van der Waals surface area (Å²) in [5.41, 5.74) is 4.51. The minimum Gasteiger partial charge on any atom is -0.484 e. The van der Waals surface area contributed by atoms with E-state index in [1.54, 1.807) is 0 Å². The number of hydrogen-bond donors (Lipinski definition) is 0. The Labute approximate surface area is 145 Å². The Morgan fingerprint density at radius 1 is 0.920 bits per heavy atom. The Hall–Kier alpha value is -3.21. The zero-order valence-electron chi connectivity index (χ0n) is 14.1. The van der Waals surface area contributed by atoms with Crippen molar-refractivity contribution in [2.75, 3.05) is 0 Å². The number of para-hydroxylation sites is 2. The van der Waals surface area contributed by atoms with Crippen molar-refractivity contribution in [1.29, 1.82) is 0 Å². The zero-order chi connectivity index (χ0) is 17.2. The van der Waals surface area contributed by atoms with Crippen LogP contribution in [0.4, 0.5) is 0 Å². The Morgan fingerprint density at radius 3 is 2.48 bits per heavy atom. The van der Waals surface area contributed by atoms with Crippen LogP contribution in [0.25, 0.3) is 22.4 Å². The minimum absolute atomic E-state index is 0.291. The van der Waals surface area contributed by atoms with Crippen molar-refractivity contribution in [3.8, 4) is 17.0 Å². The van der Waals surface area contributed by atoms with Gasteiger partial charge in [0, 0.05) is 11.3 Å². The molecule has 5 heteroatoms. The van der Waals surface area contributed by atoms with Gasteiger partial charge >= 0.3 is 0 Å². The molecule has 0 amide bonds. The van der Waals surface area contributed by atoms with E-state index in [1.807, 2.05) is 68.4 Å². The molecular weight excluding hydrogens is 314 g/mol. The maximum atomic E-state index is 5.77. The maximum absolute atomic E-state index is 5.77. The van der Waals surface area contributed by atoms with Gasteiger partial charge in [-0.2, -0.15) is 0 Å². The normalized spacial score (nSPS) is 11.0. The van der Waals surface area contributed by atoms with Crippen LogP contribution in [-0.2, 0) is 6.61 Å². The van der Waals surface area contributed by atoms with Crippen molar-refractivity contribution in [2.45, 2.75) is 20.5 Å². The van der Waals surface area contributed by atoms with E-state index in [4.69, 9.17) is 9.15 Å². The lowest BCUT2D eigenvalue weighted by Crippen LogP contribution is -1.96. The molecule has 0 saturated carbocycles. The van der Waals surface area contributed by atoms with Crippen LogP contribution in [0.5, 0.6) is 5.75 Å². The first-order valence-corrected chi connectivity index (χ1v) is 8.07. The molecule has 0 atom stereocenters. The molecule has 0 bridgehead atoms. The van der Waals surface area contributed by atoms with Crippen LogP contribution in [0.3, 0.4) is 0 Å². The molecule has 0 aliphatic heterocycles. The average molecular weight is 331 g/mol. The molecule has 2 heterocycles. The molecule has 0 fully saturated rings. The summed E-state index contributed by atoms with van der Waals surface area (Å²) >= 11 is 0.